The molecule has 0 amide bonds. The largest absolute Gasteiger partial charge is 0.149 e. The molecule has 0 unspecified atom stereocenters. The highest BCUT2D eigenvalue weighted by molar-refractivity contribution is 7.12. The van der Waals surface area contributed by atoms with E-state index in [0.717, 1.165) is 0 Å². The Bertz CT molecular complexity index is 996. The van der Waals surface area contributed by atoms with Crippen molar-refractivity contribution in [2.24, 2.45) is 0 Å². The van der Waals surface area contributed by atoms with E-state index in [4.69, 9.17) is 0 Å². The van der Waals surface area contributed by atoms with Gasteiger partial charge in [-0.05, 0) is 44.4 Å². The second kappa shape index (κ2) is 5.71. The maximum atomic E-state index is 2.49. The monoisotopic (exact) mass is 336 g/mol. The number of aryl methyl sites for hydroxylation is 1. The van der Waals surface area contributed by atoms with E-state index in [-0.39, 0.29) is 0 Å². The van der Waals surface area contributed by atoms with Crippen LogP contribution in [-0.4, -0.2) is 8.07 Å². The molecule has 0 saturated heterocycles. The molecular formula is C24H20Si. The zero-order valence-corrected chi connectivity index (χ0v) is 15.2. The summed E-state index contributed by atoms with van der Waals surface area (Å²) in [6.07, 6.45) is 1.19. The third-order valence-electron chi connectivity index (χ3n) is 5.73. The van der Waals surface area contributed by atoms with Gasteiger partial charge in [0.15, 0.2) is 0 Å². The average Bonchev–Trinajstić information content (AvgIpc) is 3.07. The minimum absolute atomic E-state index is 1.19. The molecule has 0 aliphatic carbocycles. The Balaban J connectivity index is 1.84. The summed E-state index contributed by atoms with van der Waals surface area (Å²) >= 11 is 0. The van der Waals surface area contributed by atoms with Crippen LogP contribution in [0.5, 0.6) is 0 Å². The fourth-order valence-electron chi connectivity index (χ4n) is 4.56. The zero-order valence-electron chi connectivity index (χ0n) is 14.2. The van der Waals surface area contributed by atoms with Gasteiger partial charge in [-0.2, -0.15) is 0 Å². The third kappa shape index (κ3) is 2.20. The van der Waals surface area contributed by atoms with Gasteiger partial charge in [-0.15, -0.1) is 0 Å². The van der Waals surface area contributed by atoms with E-state index in [1.165, 1.54) is 33.6 Å². The highest BCUT2D eigenvalue weighted by Crippen LogP contribution is 2.27. The molecule has 4 aromatic carbocycles. The van der Waals surface area contributed by atoms with Crippen molar-refractivity contribution < 1.29 is 0 Å². The molecule has 0 radical (unpaired) electrons. The zero-order chi connectivity index (χ0) is 16.7. The Hall–Kier alpha value is -2.64. The van der Waals surface area contributed by atoms with Gasteiger partial charge in [0.1, 0.15) is 8.07 Å². The van der Waals surface area contributed by atoms with E-state index < -0.39 is 8.07 Å². The Kier molecular flexibility index (Phi) is 3.35. The first-order chi connectivity index (χ1) is 12.4. The topological polar surface area (TPSA) is 0 Å². The van der Waals surface area contributed by atoms with E-state index in [2.05, 4.69) is 97.1 Å². The predicted molar refractivity (Wildman–Crippen MR) is 110 cm³/mol. The van der Waals surface area contributed by atoms with Crippen molar-refractivity contribution in [3.05, 3.63) is 103 Å². The van der Waals surface area contributed by atoms with Gasteiger partial charge in [0.05, 0.1) is 0 Å². The summed E-state index contributed by atoms with van der Waals surface area (Å²) in [4.78, 5) is 0. The SMILES string of the molecule is c1ccc([Si]2(c3ccccc3)CCc3cc4ccccc4cc32)cc1. The predicted octanol–water partition coefficient (Wildman–Crippen LogP) is 3.87. The van der Waals surface area contributed by atoms with Gasteiger partial charge in [0.25, 0.3) is 0 Å². The van der Waals surface area contributed by atoms with Crippen molar-refractivity contribution in [2.45, 2.75) is 12.5 Å². The first-order valence-electron chi connectivity index (χ1n) is 9.01. The van der Waals surface area contributed by atoms with Crippen LogP contribution in [0.2, 0.25) is 6.04 Å². The molecule has 0 bridgehead atoms. The fourth-order valence-corrected chi connectivity index (χ4v) is 9.68. The molecular weight excluding hydrogens is 316 g/mol. The summed E-state index contributed by atoms with van der Waals surface area (Å²) in [6, 6.07) is 37.4. The first-order valence-corrected chi connectivity index (χ1v) is 11.2. The van der Waals surface area contributed by atoms with E-state index in [1.54, 1.807) is 10.8 Å². The second-order valence-electron chi connectivity index (χ2n) is 6.99. The molecule has 120 valence electrons. The van der Waals surface area contributed by atoms with E-state index >= 15 is 0 Å². The highest BCUT2D eigenvalue weighted by Gasteiger charge is 2.44. The van der Waals surface area contributed by atoms with Gasteiger partial charge in [0, 0.05) is 0 Å². The smallest absolute Gasteiger partial charge is 0.0624 e. The van der Waals surface area contributed by atoms with Crippen LogP contribution in [0.15, 0.2) is 97.1 Å². The molecule has 0 saturated carbocycles. The number of hydrogen-bond acceptors (Lipinski definition) is 0. The second-order valence-corrected chi connectivity index (χ2v) is 11.0. The molecule has 25 heavy (non-hydrogen) atoms. The molecule has 4 aromatic rings. The molecule has 1 heteroatoms. The van der Waals surface area contributed by atoms with Crippen molar-refractivity contribution >= 4 is 34.4 Å². The normalized spacial score (nSPS) is 15.2. The summed E-state index contributed by atoms with van der Waals surface area (Å²) in [5.41, 5.74) is 1.55. The molecule has 5 rings (SSSR count). The Morgan fingerprint density at radius 3 is 1.68 bits per heavy atom. The van der Waals surface area contributed by atoms with Crippen molar-refractivity contribution in [1.82, 2.24) is 0 Å². The number of rotatable bonds is 2. The lowest BCUT2D eigenvalue weighted by Gasteiger charge is -2.30. The molecule has 1 aliphatic rings. The molecule has 1 heterocycles. The van der Waals surface area contributed by atoms with Crippen molar-refractivity contribution in [2.75, 3.05) is 0 Å². The molecule has 0 aromatic heterocycles. The number of benzene rings is 4. The van der Waals surface area contributed by atoms with Crippen LogP contribution >= 0.6 is 0 Å². The van der Waals surface area contributed by atoms with Gasteiger partial charge >= 0.3 is 0 Å². The number of hydrogen-bond donors (Lipinski definition) is 0. The maximum absolute atomic E-state index is 2.49. The van der Waals surface area contributed by atoms with Crippen LogP contribution < -0.4 is 15.6 Å². The van der Waals surface area contributed by atoms with Crippen molar-refractivity contribution in [1.29, 1.82) is 0 Å². The Morgan fingerprint density at radius 2 is 1.08 bits per heavy atom. The lowest BCUT2D eigenvalue weighted by atomic mass is 10.1. The van der Waals surface area contributed by atoms with Gasteiger partial charge in [-0.25, -0.2) is 0 Å². The van der Waals surface area contributed by atoms with Crippen LogP contribution in [-0.2, 0) is 6.42 Å². The van der Waals surface area contributed by atoms with Gasteiger partial charge in [-0.3, -0.25) is 0 Å². The van der Waals surface area contributed by atoms with Gasteiger partial charge in [-0.1, -0.05) is 97.1 Å². The summed E-state index contributed by atoms with van der Waals surface area (Å²) in [5, 5.41) is 7.42. The molecule has 1 aliphatic heterocycles. The Labute approximate surface area is 149 Å². The Morgan fingerprint density at radius 1 is 0.560 bits per heavy atom. The summed E-state index contributed by atoms with van der Waals surface area (Å²) < 4.78 is 0. The van der Waals surface area contributed by atoms with E-state index in [0.29, 0.717) is 0 Å². The van der Waals surface area contributed by atoms with Gasteiger partial charge < -0.3 is 0 Å². The minimum atomic E-state index is -1.92. The summed E-state index contributed by atoms with van der Waals surface area (Å²) in [7, 11) is -1.92. The average molecular weight is 337 g/mol. The standard InChI is InChI=1S/C24H20Si/c1-3-11-22(12-4-1)25(23-13-5-2-6-14-23)16-15-21-17-19-9-7-8-10-20(19)18-24(21)25/h1-14,17-18H,15-16H2. The molecule has 0 fully saturated rings. The van der Waals surface area contributed by atoms with Crippen molar-refractivity contribution in [3.8, 4) is 0 Å². The number of fused-ring (bicyclic) bond motifs is 2. The van der Waals surface area contributed by atoms with Crippen LogP contribution in [0.25, 0.3) is 10.8 Å². The van der Waals surface area contributed by atoms with Gasteiger partial charge in [0.2, 0.25) is 0 Å². The summed E-state index contributed by atoms with van der Waals surface area (Å²) in [5.74, 6) is 0. The van der Waals surface area contributed by atoms with E-state index in [9.17, 15) is 0 Å². The van der Waals surface area contributed by atoms with Crippen LogP contribution in [0, 0.1) is 0 Å². The molecule has 0 N–H and O–H groups in total. The third-order valence-corrected chi connectivity index (χ3v) is 10.8. The van der Waals surface area contributed by atoms with Crippen molar-refractivity contribution in [3.63, 3.8) is 0 Å². The lowest BCUT2D eigenvalue weighted by molar-refractivity contribution is 1.17. The highest BCUT2D eigenvalue weighted by atomic mass is 28.3. The van der Waals surface area contributed by atoms with Crippen LogP contribution in [0.1, 0.15) is 5.56 Å². The molecule has 0 spiro atoms. The maximum Gasteiger partial charge on any atom is 0.149 e. The molecule has 0 nitrogen and oxygen atoms in total. The quantitative estimate of drug-likeness (QED) is 0.488. The van der Waals surface area contributed by atoms with Crippen LogP contribution in [0.4, 0.5) is 0 Å². The molecule has 0 atom stereocenters. The fraction of sp³-hybridized carbons (Fsp3) is 0.0833. The lowest BCUT2D eigenvalue weighted by Crippen LogP contribution is -2.65. The van der Waals surface area contributed by atoms with Crippen LogP contribution in [0.3, 0.4) is 0 Å². The summed E-state index contributed by atoms with van der Waals surface area (Å²) in [6.45, 7) is 0. The minimum Gasteiger partial charge on any atom is -0.0624 e. The first kappa shape index (κ1) is 14.7. The van der Waals surface area contributed by atoms with E-state index in [1.807, 2.05) is 0 Å².